The molecule has 0 aromatic heterocycles. The number of carbonyl (C=O) groups excluding carboxylic acids is 1. The maximum atomic E-state index is 11.9. The molecule has 0 heterocycles. The van der Waals surface area contributed by atoms with Gasteiger partial charge in [-0.2, -0.15) is 0 Å². The second-order valence-electron chi connectivity index (χ2n) is 4.87. The van der Waals surface area contributed by atoms with Crippen LogP contribution in [-0.4, -0.2) is 17.9 Å². The van der Waals surface area contributed by atoms with E-state index in [1.165, 1.54) is 18.2 Å². The van der Waals surface area contributed by atoms with Gasteiger partial charge in [0.15, 0.2) is 0 Å². The van der Waals surface area contributed by atoms with E-state index >= 15 is 0 Å². The average molecular weight is 312 g/mol. The lowest BCUT2D eigenvalue weighted by Crippen LogP contribution is -2.09. The van der Waals surface area contributed by atoms with Crippen molar-refractivity contribution in [3.8, 4) is 5.75 Å². The largest absolute Gasteiger partial charge is 0.497 e. The zero-order valence-corrected chi connectivity index (χ0v) is 12.8. The topological polar surface area (TPSA) is 81.5 Å². The van der Waals surface area contributed by atoms with E-state index in [0.29, 0.717) is 0 Å². The van der Waals surface area contributed by atoms with Gasteiger partial charge in [0.1, 0.15) is 11.4 Å². The Morgan fingerprint density at radius 2 is 1.91 bits per heavy atom. The first kappa shape index (κ1) is 16.2. The molecule has 23 heavy (non-hydrogen) atoms. The highest BCUT2D eigenvalue weighted by Crippen LogP contribution is 2.25. The van der Waals surface area contributed by atoms with E-state index in [2.05, 4.69) is 5.32 Å². The summed E-state index contributed by atoms with van der Waals surface area (Å²) in [6, 6.07) is 11.8. The number of nitro benzene ring substituents is 1. The Morgan fingerprint density at radius 1 is 1.22 bits per heavy atom. The van der Waals surface area contributed by atoms with Crippen LogP contribution in [0.5, 0.6) is 5.75 Å². The molecule has 0 atom stereocenters. The number of rotatable bonds is 5. The van der Waals surface area contributed by atoms with Crippen LogP contribution < -0.4 is 10.1 Å². The molecular formula is C17H16N2O4. The standard InChI is InChI=1S/C17H16N2O4/c1-12-3-9-15(16(11-12)19(21)22)18-17(20)10-6-13-4-7-14(23-2)8-5-13/h3-11H,1-2H3,(H,18,20)/b10-6+. The van der Waals surface area contributed by atoms with Gasteiger partial charge in [-0.25, -0.2) is 0 Å². The third-order valence-electron chi connectivity index (χ3n) is 3.15. The predicted octanol–water partition coefficient (Wildman–Crippen LogP) is 3.56. The van der Waals surface area contributed by atoms with E-state index in [0.717, 1.165) is 16.9 Å². The van der Waals surface area contributed by atoms with E-state index in [4.69, 9.17) is 4.74 Å². The molecule has 6 nitrogen and oxygen atoms in total. The number of carbonyl (C=O) groups is 1. The lowest BCUT2D eigenvalue weighted by atomic mass is 10.2. The quantitative estimate of drug-likeness (QED) is 0.520. The van der Waals surface area contributed by atoms with Crippen molar-refractivity contribution in [3.63, 3.8) is 0 Å². The SMILES string of the molecule is COc1ccc(/C=C/C(=O)Nc2ccc(C)cc2[N+](=O)[O-])cc1. The van der Waals surface area contributed by atoms with E-state index in [1.807, 2.05) is 0 Å². The molecular weight excluding hydrogens is 296 g/mol. The Balaban J connectivity index is 2.10. The second kappa shape index (κ2) is 7.22. The Kier molecular flexibility index (Phi) is 5.09. The van der Waals surface area contributed by atoms with Gasteiger partial charge < -0.3 is 10.1 Å². The van der Waals surface area contributed by atoms with Gasteiger partial charge in [-0.3, -0.25) is 14.9 Å². The van der Waals surface area contributed by atoms with Crippen LogP contribution in [0, 0.1) is 17.0 Å². The Labute approximate surface area is 133 Å². The fourth-order valence-corrected chi connectivity index (χ4v) is 1.96. The summed E-state index contributed by atoms with van der Waals surface area (Å²) >= 11 is 0. The first-order chi connectivity index (χ1) is 11.0. The summed E-state index contributed by atoms with van der Waals surface area (Å²) in [5.41, 5.74) is 1.61. The van der Waals surface area contributed by atoms with Gasteiger partial charge in [-0.15, -0.1) is 0 Å². The highest BCUT2D eigenvalue weighted by molar-refractivity contribution is 6.03. The van der Waals surface area contributed by atoms with Gasteiger partial charge in [-0.05, 0) is 42.3 Å². The number of anilines is 1. The lowest BCUT2D eigenvalue weighted by Gasteiger charge is -2.04. The number of methoxy groups -OCH3 is 1. The minimum Gasteiger partial charge on any atom is -0.497 e. The van der Waals surface area contributed by atoms with Crippen LogP contribution >= 0.6 is 0 Å². The monoisotopic (exact) mass is 312 g/mol. The average Bonchev–Trinajstić information content (AvgIpc) is 2.55. The first-order valence-corrected chi connectivity index (χ1v) is 6.88. The zero-order chi connectivity index (χ0) is 16.8. The van der Waals surface area contributed by atoms with Gasteiger partial charge in [0, 0.05) is 12.1 Å². The Bertz CT molecular complexity index is 752. The maximum absolute atomic E-state index is 11.9. The van der Waals surface area contributed by atoms with Crippen molar-refractivity contribution in [3.05, 3.63) is 69.8 Å². The van der Waals surface area contributed by atoms with E-state index in [9.17, 15) is 14.9 Å². The van der Waals surface area contributed by atoms with Crippen molar-refractivity contribution in [2.75, 3.05) is 12.4 Å². The van der Waals surface area contributed by atoms with E-state index in [-0.39, 0.29) is 11.4 Å². The fraction of sp³-hybridized carbons (Fsp3) is 0.118. The summed E-state index contributed by atoms with van der Waals surface area (Å²) in [5, 5.41) is 13.5. The number of nitrogens with one attached hydrogen (secondary N) is 1. The number of ether oxygens (including phenoxy) is 1. The van der Waals surface area contributed by atoms with Gasteiger partial charge in [0.05, 0.1) is 12.0 Å². The number of aryl methyl sites for hydroxylation is 1. The molecule has 0 spiro atoms. The number of nitrogens with zero attached hydrogens (tertiary/aromatic N) is 1. The molecule has 6 heteroatoms. The molecule has 1 N–H and O–H groups in total. The molecule has 0 fully saturated rings. The zero-order valence-electron chi connectivity index (χ0n) is 12.8. The van der Waals surface area contributed by atoms with Gasteiger partial charge in [-0.1, -0.05) is 18.2 Å². The van der Waals surface area contributed by atoms with Crippen LogP contribution in [0.25, 0.3) is 6.08 Å². The van der Waals surface area contributed by atoms with Crippen molar-refractivity contribution in [1.29, 1.82) is 0 Å². The summed E-state index contributed by atoms with van der Waals surface area (Å²) in [6.07, 6.45) is 2.94. The fourth-order valence-electron chi connectivity index (χ4n) is 1.96. The number of nitro groups is 1. The highest BCUT2D eigenvalue weighted by Gasteiger charge is 2.14. The summed E-state index contributed by atoms with van der Waals surface area (Å²) in [5.74, 6) is 0.287. The normalized spacial score (nSPS) is 10.5. The molecule has 0 unspecified atom stereocenters. The van der Waals surface area contributed by atoms with E-state index in [1.54, 1.807) is 50.4 Å². The molecule has 2 aromatic rings. The molecule has 0 radical (unpaired) electrons. The van der Waals surface area contributed by atoms with E-state index < -0.39 is 10.8 Å². The molecule has 118 valence electrons. The molecule has 0 bridgehead atoms. The van der Waals surface area contributed by atoms with Crippen LogP contribution in [0.15, 0.2) is 48.5 Å². The molecule has 2 rings (SSSR count). The third kappa shape index (κ3) is 4.41. The minimum absolute atomic E-state index is 0.129. The van der Waals surface area contributed by atoms with Crippen LogP contribution in [0.3, 0.4) is 0 Å². The summed E-state index contributed by atoms with van der Waals surface area (Å²) in [4.78, 5) is 22.4. The number of hydrogen-bond acceptors (Lipinski definition) is 4. The summed E-state index contributed by atoms with van der Waals surface area (Å²) in [6.45, 7) is 1.75. The van der Waals surface area contributed by atoms with Crippen molar-refractivity contribution >= 4 is 23.4 Å². The smallest absolute Gasteiger partial charge is 0.293 e. The molecule has 1 amide bonds. The Morgan fingerprint density at radius 3 is 2.52 bits per heavy atom. The van der Waals surface area contributed by atoms with Crippen molar-refractivity contribution < 1.29 is 14.5 Å². The Hall–Kier alpha value is -3.15. The molecule has 0 aliphatic heterocycles. The maximum Gasteiger partial charge on any atom is 0.293 e. The number of hydrogen-bond donors (Lipinski definition) is 1. The van der Waals surface area contributed by atoms with Gasteiger partial charge in [0.2, 0.25) is 5.91 Å². The van der Waals surface area contributed by atoms with Crippen molar-refractivity contribution in [2.45, 2.75) is 6.92 Å². The summed E-state index contributed by atoms with van der Waals surface area (Å²) < 4.78 is 5.05. The van der Waals surface area contributed by atoms with Crippen molar-refractivity contribution in [1.82, 2.24) is 0 Å². The van der Waals surface area contributed by atoms with Crippen LogP contribution in [0.4, 0.5) is 11.4 Å². The second-order valence-corrected chi connectivity index (χ2v) is 4.87. The summed E-state index contributed by atoms with van der Waals surface area (Å²) in [7, 11) is 1.58. The minimum atomic E-state index is -0.518. The molecule has 0 saturated heterocycles. The van der Waals surface area contributed by atoms with Crippen molar-refractivity contribution in [2.24, 2.45) is 0 Å². The van der Waals surface area contributed by atoms with Gasteiger partial charge in [0.25, 0.3) is 5.69 Å². The molecule has 2 aromatic carbocycles. The first-order valence-electron chi connectivity index (χ1n) is 6.88. The van der Waals surface area contributed by atoms with Crippen LogP contribution in [0.1, 0.15) is 11.1 Å². The number of benzene rings is 2. The highest BCUT2D eigenvalue weighted by atomic mass is 16.6. The molecule has 0 saturated carbocycles. The molecule has 0 aliphatic rings. The van der Waals surface area contributed by atoms with Crippen LogP contribution in [0.2, 0.25) is 0 Å². The van der Waals surface area contributed by atoms with Crippen LogP contribution in [-0.2, 0) is 4.79 Å². The predicted molar refractivity (Wildman–Crippen MR) is 88.5 cm³/mol. The lowest BCUT2D eigenvalue weighted by molar-refractivity contribution is -0.384. The number of amides is 1. The third-order valence-corrected chi connectivity index (χ3v) is 3.15. The molecule has 0 aliphatic carbocycles. The van der Waals surface area contributed by atoms with Gasteiger partial charge >= 0.3 is 0 Å².